The average Bonchev–Trinajstić information content (AvgIpc) is 2.55. The molecule has 0 atom stereocenters. The van der Waals surface area contributed by atoms with Gasteiger partial charge in [0.25, 0.3) is 0 Å². The molecule has 2 rings (SSSR count). The molecule has 2 nitrogen and oxygen atoms in total. The van der Waals surface area contributed by atoms with Crippen LogP contribution in [0.2, 0.25) is 0 Å². The van der Waals surface area contributed by atoms with E-state index in [1.807, 2.05) is 12.2 Å². The second kappa shape index (κ2) is 2.45. The van der Waals surface area contributed by atoms with Crippen molar-refractivity contribution in [2.45, 2.75) is 31.3 Å². The molecule has 1 aliphatic carbocycles. The monoisotopic (exact) mass is 151 g/mol. The number of aliphatic imine (C=N–C) groups is 1. The van der Waals surface area contributed by atoms with Crippen molar-refractivity contribution in [1.29, 1.82) is 0 Å². The van der Waals surface area contributed by atoms with Gasteiger partial charge in [0.15, 0.2) is 0 Å². The Kier molecular flexibility index (Phi) is 1.57. The summed E-state index contributed by atoms with van der Waals surface area (Å²) < 4.78 is 0. The van der Waals surface area contributed by atoms with Crippen LogP contribution in [0.15, 0.2) is 17.1 Å². The molecule has 1 saturated carbocycles. The topological polar surface area (TPSA) is 32.6 Å². The van der Waals surface area contributed by atoms with Crippen LogP contribution in [0.4, 0.5) is 0 Å². The number of rotatable bonds is 1. The number of hydrogen-bond acceptors (Lipinski definition) is 2. The minimum Gasteiger partial charge on any atom is -0.384 e. The minimum absolute atomic E-state index is 0.562. The van der Waals surface area contributed by atoms with Crippen LogP contribution in [0.5, 0.6) is 0 Å². The van der Waals surface area contributed by atoms with E-state index >= 15 is 0 Å². The summed E-state index contributed by atoms with van der Waals surface area (Å²) in [5.74, 6) is 0. The Labute approximate surface area is 66.6 Å². The van der Waals surface area contributed by atoms with Gasteiger partial charge in [-0.3, -0.25) is 4.99 Å². The summed E-state index contributed by atoms with van der Waals surface area (Å²) in [5, 5.41) is 10.0. The largest absolute Gasteiger partial charge is 0.384 e. The molecule has 11 heavy (non-hydrogen) atoms. The van der Waals surface area contributed by atoms with Gasteiger partial charge < -0.3 is 5.11 Å². The molecule has 1 N–H and O–H groups in total. The van der Waals surface area contributed by atoms with Crippen LogP contribution in [-0.4, -0.2) is 23.0 Å². The summed E-state index contributed by atoms with van der Waals surface area (Å²) in [5.41, 5.74) is 0.350. The van der Waals surface area contributed by atoms with Crippen LogP contribution >= 0.6 is 0 Å². The average molecular weight is 151 g/mol. The van der Waals surface area contributed by atoms with Crippen molar-refractivity contribution in [2.24, 2.45) is 4.99 Å². The van der Waals surface area contributed by atoms with Crippen molar-refractivity contribution in [3.05, 3.63) is 12.2 Å². The predicted molar refractivity (Wildman–Crippen MR) is 44.9 cm³/mol. The Hall–Kier alpha value is -0.630. The molecule has 60 valence electrons. The first-order valence-corrected chi connectivity index (χ1v) is 4.25. The zero-order valence-corrected chi connectivity index (χ0v) is 6.58. The van der Waals surface area contributed by atoms with Gasteiger partial charge in [0.2, 0.25) is 0 Å². The molecule has 0 bridgehead atoms. The van der Waals surface area contributed by atoms with Crippen LogP contribution in [-0.2, 0) is 0 Å². The van der Waals surface area contributed by atoms with E-state index in [-0.39, 0.29) is 0 Å². The van der Waals surface area contributed by atoms with E-state index in [9.17, 15) is 5.11 Å². The fourth-order valence-corrected chi connectivity index (χ4v) is 1.89. The number of hydrogen-bond donors (Lipinski definition) is 1. The smallest absolute Gasteiger partial charge is 0.106 e. The van der Waals surface area contributed by atoms with Gasteiger partial charge in [0.05, 0.1) is 12.3 Å². The van der Waals surface area contributed by atoms with Gasteiger partial charge >= 0.3 is 0 Å². The van der Waals surface area contributed by atoms with Gasteiger partial charge in [-0.2, -0.15) is 0 Å². The molecule has 2 aliphatic rings. The Morgan fingerprint density at radius 1 is 1.36 bits per heavy atom. The molecule has 0 aromatic carbocycles. The summed E-state index contributed by atoms with van der Waals surface area (Å²) in [6.45, 7) is 0.762. The normalized spacial score (nSPS) is 27.5. The van der Waals surface area contributed by atoms with Crippen LogP contribution < -0.4 is 0 Å². The lowest BCUT2D eigenvalue weighted by Crippen LogP contribution is -2.33. The molecule has 0 spiro atoms. The lowest BCUT2D eigenvalue weighted by molar-refractivity contribution is 0.121. The molecule has 1 heterocycles. The van der Waals surface area contributed by atoms with Crippen molar-refractivity contribution in [1.82, 2.24) is 0 Å². The zero-order chi connectivity index (χ0) is 7.73. The fourth-order valence-electron chi connectivity index (χ4n) is 1.89. The van der Waals surface area contributed by atoms with Crippen LogP contribution in [0.25, 0.3) is 0 Å². The molecular formula is C9H13NO. The SMILES string of the molecule is OC1(C2=NCC=C2)CCCC1. The molecule has 1 aliphatic heterocycles. The second-order valence-electron chi connectivity index (χ2n) is 3.37. The Bertz CT molecular complexity index is 212. The Morgan fingerprint density at radius 2 is 2.09 bits per heavy atom. The minimum atomic E-state index is -0.562. The summed E-state index contributed by atoms with van der Waals surface area (Å²) in [6, 6.07) is 0. The highest BCUT2D eigenvalue weighted by Gasteiger charge is 2.35. The fraction of sp³-hybridized carbons (Fsp3) is 0.667. The summed E-state index contributed by atoms with van der Waals surface area (Å²) >= 11 is 0. The summed E-state index contributed by atoms with van der Waals surface area (Å²) in [6.07, 6.45) is 8.05. The summed E-state index contributed by atoms with van der Waals surface area (Å²) in [4.78, 5) is 4.24. The number of nitrogens with zero attached hydrogens (tertiary/aromatic N) is 1. The van der Waals surface area contributed by atoms with Gasteiger partial charge in [0.1, 0.15) is 5.60 Å². The van der Waals surface area contributed by atoms with Gasteiger partial charge in [-0.15, -0.1) is 0 Å². The van der Waals surface area contributed by atoms with E-state index in [2.05, 4.69) is 4.99 Å². The van der Waals surface area contributed by atoms with E-state index in [1.165, 1.54) is 0 Å². The maximum absolute atomic E-state index is 10.0. The molecular weight excluding hydrogens is 138 g/mol. The van der Waals surface area contributed by atoms with Gasteiger partial charge in [-0.1, -0.05) is 18.9 Å². The third-order valence-electron chi connectivity index (χ3n) is 2.55. The molecule has 1 fully saturated rings. The van der Waals surface area contributed by atoms with E-state index in [4.69, 9.17) is 0 Å². The maximum Gasteiger partial charge on any atom is 0.106 e. The van der Waals surface area contributed by atoms with Crippen LogP contribution in [0, 0.1) is 0 Å². The quantitative estimate of drug-likeness (QED) is 0.602. The maximum atomic E-state index is 10.0. The Morgan fingerprint density at radius 3 is 2.64 bits per heavy atom. The third kappa shape index (κ3) is 1.11. The van der Waals surface area contributed by atoms with E-state index in [0.717, 1.165) is 37.9 Å². The first-order chi connectivity index (χ1) is 5.31. The lowest BCUT2D eigenvalue weighted by Gasteiger charge is -2.20. The number of aliphatic hydroxyl groups is 1. The molecule has 0 aromatic rings. The first kappa shape index (κ1) is 7.04. The highest BCUT2D eigenvalue weighted by atomic mass is 16.3. The van der Waals surface area contributed by atoms with Crippen molar-refractivity contribution >= 4 is 5.71 Å². The third-order valence-corrected chi connectivity index (χ3v) is 2.55. The standard InChI is InChI=1S/C9H13NO/c11-9(5-1-2-6-9)8-4-3-7-10-8/h3-4,11H,1-2,5-7H2. The molecule has 0 aromatic heterocycles. The van der Waals surface area contributed by atoms with Gasteiger partial charge in [0, 0.05) is 0 Å². The molecule has 0 unspecified atom stereocenters. The van der Waals surface area contributed by atoms with Crippen molar-refractivity contribution < 1.29 is 5.11 Å². The lowest BCUT2D eigenvalue weighted by atomic mass is 9.96. The Balaban J connectivity index is 2.18. The van der Waals surface area contributed by atoms with E-state index < -0.39 is 5.60 Å². The first-order valence-electron chi connectivity index (χ1n) is 4.25. The summed E-state index contributed by atoms with van der Waals surface area (Å²) in [7, 11) is 0. The van der Waals surface area contributed by atoms with Crippen LogP contribution in [0.1, 0.15) is 25.7 Å². The van der Waals surface area contributed by atoms with Gasteiger partial charge in [-0.05, 0) is 18.9 Å². The van der Waals surface area contributed by atoms with Crippen molar-refractivity contribution in [2.75, 3.05) is 6.54 Å². The molecule has 2 heteroatoms. The molecule has 0 amide bonds. The van der Waals surface area contributed by atoms with Gasteiger partial charge in [-0.25, -0.2) is 0 Å². The zero-order valence-electron chi connectivity index (χ0n) is 6.58. The van der Waals surface area contributed by atoms with Crippen LogP contribution in [0.3, 0.4) is 0 Å². The highest BCUT2D eigenvalue weighted by molar-refractivity contribution is 6.03. The molecule has 0 saturated heterocycles. The van der Waals surface area contributed by atoms with E-state index in [0.29, 0.717) is 0 Å². The molecule has 0 radical (unpaired) electrons. The van der Waals surface area contributed by atoms with Crippen molar-refractivity contribution in [3.63, 3.8) is 0 Å². The predicted octanol–water partition coefficient (Wildman–Crippen LogP) is 1.30. The van der Waals surface area contributed by atoms with E-state index in [1.54, 1.807) is 0 Å². The highest BCUT2D eigenvalue weighted by Crippen LogP contribution is 2.32. The van der Waals surface area contributed by atoms with Crippen molar-refractivity contribution in [3.8, 4) is 0 Å². The second-order valence-corrected chi connectivity index (χ2v) is 3.37.